The molecule has 0 unspecified atom stereocenters. The maximum absolute atomic E-state index is 12.1. The zero-order valence-corrected chi connectivity index (χ0v) is 12.3. The van der Waals surface area contributed by atoms with Crippen LogP contribution in [0.25, 0.3) is 0 Å². The van der Waals surface area contributed by atoms with Crippen LogP contribution in [0.1, 0.15) is 42.9 Å². The van der Waals surface area contributed by atoms with E-state index in [0.29, 0.717) is 0 Å². The number of halogens is 1. The summed E-state index contributed by atoms with van der Waals surface area (Å²) in [7, 11) is 0. The fourth-order valence-corrected chi connectivity index (χ4v) is 2.06. The maximum Gasteiger partial charge on any atom is 0.360 e. The molecule has 0 spiro atoms. The van der Waals surface area contributed by atoms with Gasteiger partial charge in [0.25, 0.3) is 0 Å². The molecule has 0 bridgehead atoms. The van der Waals surface area contributed by atoms with Crippen molar-refractivity contribution in [2.75, 3.05) is 0 Å². The molecular weight excluding hydrogens is 278 g/mol. The first-order chi connectivity index (χ1) is 9.50. The predicted octanol–water partition coefficient (Wildman–Crippen LogP) is 3.11. The van der Waals surface area contributed by atoms with Crippen molar-refractivity contribution in [2.45, 2.75) is 32.9 Å². The molecule has 0 saturated carbocycles. The molecule has 1 aromatic carbocycles. The SMILES string of the molecule is CC(C)OC(=O)c1c(Cl)nnn1[C@H](C)c1ccccc1. The van der Waals surface area contributed by atoms with Crippen LogP contribution in [-0.2, 0) is 4.74 Å². The molecule has 2 aromatic rings. The van der Waals surface area contributed by atoms with Crippen LogP contribution in [0.5, 0.6) is 0 Å². The lowest BCUT2D eigenvalue weighted by atomic mass is 10.1. The summed E-state index contributed by atoms with van der Waals surface area (Å²) in [6, 6.07) is 9.53. The third-order valence-electron chi connectivity index (χ3n) is 2.84. The monoisotopic (exact) mass is 293 g/mol. The number of nitrogens with zero attached hydrogens (tertiary/aromatic N) is 3. The molecule has 0 radical (unpaired) electrons. The van der Waals surface area contributed by atoms with E-state index in [1.54, 1.807) is 13.8 Å². The van der Waals surface area contributed by atoms with Gasteiger partial charge in [-0.15, -0.1) is 5.10 Å². The molecule has 1 aromatic heterocycles. The van der Waals surface area contributed by atoms with Gasteiger partial charge in [-0.1, -0.05) is 47.1 Å². The average molecular weight is 294 g/mol. The van der Waals surface area contributed by atoms with Crippen LogP contribution >= 0.6 is 11.6 Å². The Bertz CT molecular complexity index is 596. The Morgan fingerprint density at radius 3 is 2.50 bits per heavy atom. The van der Waals surface area contributed by atoms with Crippen molar-refractivity contribution in [1.82, 2.24) is 15.0 Å². The summed E-state index contributed by atoms with van der Waals surface area (Å²) in [5.41, 5.74) is 1.18. The molecule has 1 heterocycles. The lowest BCUT2D eigenvalue weighted by molar-refractivity contribution is 0.0362. The molecule has 20 heavy (non-hydrogen) atoms. The van der Waals surface area contributed by atoms with Crippen LogP contribution in [0.4, 0.5) is 0 Å². The Balaban J connectivity index is 2.36. The smallest absolute Gasteiger partial charge is 0.360 e. The molecule has 2 rings (SSSR count). The largest absolute Gasteiger partial charge is 0.458 e. The van der Waals surface area contributed by atoms with Gasteiger partial charge < -0.3 is 4.74 Å². The number of esters is 1. The highest BCUT2D eigenvalue weighted by Gasteiger charge is 2.25. The van der Waals surface area contributed by atoms with Gasteiger partial charge in [0.1, 0.15) is 0 Å². The molecule has 106 valence electrons. The molecular formula is C14H16ClN3O2. The highest BCUT2D eigenvalue weighted by molar-refractivity contribution is 6.32. The number of aromatic nitrogens is 3. The summed E-state index contributed by atoms with van der Waals surface area (Å²) in [5.74, 6) is -0.516. The highest BCUT2D eigenvalue weighted by atomic mass is 35.5. The van der Waals surface area contributed by atoms with Crippen molar-refractivity contribution in [2.24, 2.45) is 0 Å². The first kappa shape index (κ1) is 14.5. The maximum atomic E-state index is 12.1. The van der Waals surface area contributed by atoms with Crippen molar-refractivity contribution in [3.63, 3.8) is 0 Å². The van der Waals surface area contributed by atoms with Crippen molar-refractivity contribution < 1.29 is 9.53 Å². The molecule has 0 N–H and O–H groups in total. The lowest BCUT2D eigenvalue weighted by Gasteiger charge is -2.15. The van der Waals surface area contributed by atoms with E-state index < -0.39 is 5.97 Å². The summed E-state index contributed by atoms with van der Waals surface area (Å²) in [4.78, 5) is 12.1. The number of carbonyl (C=O) groups is 1. The van der Waals surface area contributed by atoms with Gasteiger partial charge >= 0.3 is 5.97 Å². The van der Waals surface area contributed by atoms with E-state index in [0.717, 1.165) is 5.56 Å². The average Bonchev–Trinajstić information content (AvgIpc) is 2.80. The van der Waals surface area contributed by atoms with E-state index in [1.807, 2.05) is 37.3 Å². The van der Waals surface area contributed by atoms with Gasteiger partial charge in [0.2, 0.25) is 0 Å². The van der Waals surface area contributed by atoms with Gasteiger partial charge in [0.05, 0.1) is 12.1 Å². The van der Waals surface area contributed by atoms with Crippen LogP contribution in [0.3, 0.4) is 0 Å². The Hall–Kier alpha value is -1.88. The summed E-state index contributed by atoms with van der Waals surface area (Å²) in [6.07, 6.45) is -0.228. The zero-order chi connectivity index (χ0) is 14.7. The third-order valence-corrected chi connectivity index (χ3v) is 3.09. The fourth-order valence-electron chi connectivity index (χ4n) is 1.87. The molecule has 1 atom stereocenters. The predicted molar refractivity (Wildman–Crippen MR) is 75.8 cm³/mol. The van der Waals surface area contributed by atoms with Crippen molar-refractivity contribution in [1.29, 1.82) is 0 Å². The Labute approximate surface area is 122 Å². The standard InChI is InChI=1S/C14H16ClN3O2/c1-9(2)20-14(19)12-13(15)16-17-18(12)10(3)11-7-5-4-6-8-11/h4-10H,1-3H3/t10-/m1/s1. The highest BCUT2D eigenvalue weighted by Crippen LogP contribution is 2.22. The minimum absolute atomic E-state index is 0.0541. The van der Waals surface area contributed by atoms with Gasteiger partial charge in [-0.05, 0) is 26.3 Å². The van der Waals surface area contributed by atoms with Gasteiger partial charge in [0.15, 0.2) is 10.8 Å². The van der Waals surface area contributed by atoms with Crippen LogP contribution in [-0.4, -0.2) is 27.1 Å². The van der Waals surface area contributed by atoms with Crippen molar-refractivity contribution in [3.05, 3.63) is 46.7 Å². The number of hydrogen-bond donors (Lipinski definition) is 0. The molecule has 5 nitrogen and oxygen atoms in total. The number of hydrogen-bond acceptors (Lipinski definition) is 4. The first-order valence-corrected chi connectivity index (χ1v) is 6.75. The minimum Gasteiger partial charge on any atom is -0.458 e. The molecule has 0 aliphatic heterocycles. The normalized spacial score (nSPS) is 12.4. The molecule has 0 aliphatic rings. The second kappa shape index (κ2) is 6.05. The third kappa shape index (κ3) is 2.99. The van der Waals surface area contributed by atoms with Crippen LogP contribution in [0, 0.1) is 0 Å². The van der Waals surface area contributed by atoms with Crippen molar-refractivity contribution in [3.8, 4) is 0 Å². The lowest BCUT2D eigenvalue weighted by Crippen LogP contribution is -2.20. The first-order valence-electron chi connectivity index (χ1n) is 6.37. The Morgan fingerprint density at radius 2 is 1.90 bits per heavy atom. The topological polar surface area (TPSA) is 57.0 Å². The summed E-state index contributed by atoms with van der Waals surface area (Å²) in [6.45, 7) is 5.48. The molecule has 0 aliphatic carbocycles. The number of carbonyl (C=O) groups excluding carboxylic acids is 1. The second-order valence-corrected chi connectivity index (χ2v) is 5.07. The number of ether oxygens (including phenoxy) is 1. The Morgan fingerprint density at radius 1 is 1.25 bits per heavy atom. The van der Waals surface area contributed by atoms with Crippen LogP contribution in [0.15, 0.2) is 30.3 Å². The van der Waals surface area contributed by atoms with Crippen molar-refractivity contribution >= 4 is 17.6 Å². The molecule has 0 amide bonds. The van der Waals surface area contributed by atoms with E-state index in [1.165, 1.54) is 4.68 Å². The zero-order valence-electron chi connectivity index (χ0n) is 11.6. The van der Waals surface area contributed by atoms with Crippen LogP contribution < -0.4 is 0 Å². The summed E-state index contributed by atoms with van der Waals surface area (Å²) in [5, 5.41) is 7.78. The number of rotatable bonds is 4. The summed E-state index contributed by atoms with van der Waals surface area (Å²) >= 11 is 5.96. The fraction of sp³-hybridized carbons (Fsp3) is 0.357. The Kier molecular flexibility index (Phi) is 4.39. The van der Waals surface area contributed by atoms with Gasteiger partial charge in [-0.25, -0.2) is 9.48 Å². The van der Waals surface area contributed by atoms with E-state index >= 15 is 0 Å². The van der Waals surface area contributed by atoms with E-state index in [9.17, 15) is 4.79 Å². The van der Waals surface area contributed by atoms with E-state index in [-0.39, 0.29) is 23.0 Å². The summed E-state index contributed by atoms with van der Waals surface area (Å²) < 4.78 is 6.67. The molecule has 6 heteroatoms. The van der Waals surface area contributed by atoms with Gasteiger partial charge in [-0.2, -0.15) is 0 Å². The minimum atomic E-state index is -0.516. The number of benzene rings is 1. The molecule has 0 saturated heterocycles. The molecule has 0 fully saturated rings. The quantitative estimate of drug-likeness (QED) is 0.813. The van der Waals surface area contributed by atoms with E-state index in [2.05, 4.69) is 10.3 Å². The van der Waals surface area contributed by atoms with E-state index in [4.69, 9.17) is 16.3 Å². The van der Waals surface area contributed by atoms with Gasteiger partial charge in [-0.3, -0.25) is 0 Å². The van der Waals surface area contributed by atoms with Crippen LogP contribution in [0.2, 0.25) is 5.15 Å². The van der Waals surface area contributed by atoms with Gasteiger partial charge in [0, 0.05) is 0 Å². The second-order valence-electron chi connectivity index (χ2n) is 4.71.